The largest absolute Gasteiger partial charge is 0.522 e. The minimum absolute atomic E-state index is 0.109. The Labute approximate surface area is 154 Å². The molecule has 1 aromatic carbocycles. The Morgan fingerprint density at radius 3 is 1.78 bits per heavy atom. The first-order chi connectivity index (χ1) is 12.8. The van der Waals surface area contributed by atoms with Gasteiger partial charge in [0.1, 0.15) is 0 Å². The highest BCUT2D eigenvalue weighted by atomic mass is 19.4. The van der Waals surface area contributed by atoms with Crippen LogP contribution in [-0.2, 0) is 9.47 Å². The lowest BCUT2D eigenvalue weighted by molar-refractivity contribution is -0.345. The molecular formula is C18H21F3N2O4. The number of piperidine rings is 1. The zero-order valence-corrected chi connectivity index (χ0v) is 14.7. The van der Waals surface area contributed by atoms with Crippen LogP contribution in [0, 0.1) is 0 Å². The summed E-state index contributed by atoms with van der Waals surface area (Å²) < 4.78 is 46.0. The highest BCUT2D eigenvalue weighted by molar-refractivity contribution is 5.97. The molecule has 2 saturated heterocycles. The maximum absolute atomic E-state index is 12.5. The van der Waals surface area contributed by atoms with E-state index < -0.39 is 12.5 Å². The molecule has 0 aliphatic carbocycles. The normalized spacial score (nSPS) is 19.2. The van der Waals surface area contributed by atoms with Crippen LogP contribution in [0.4, 0.5) is 13.2 Å². The van der Waals surface area contributed by atoms with Crippen molar-refractivity contribution in [3.05, 3.63) is 35.4 Å². The van der Waals surface area contributed by atoms with Gasteiger partial charge in [-0.15, -0.1) is 13.2 Å². The zero-order chi connectivity index (χ0) is 19.4. The molecule has 1 aromatic rings. The Morgan fingerprint density at radius 1 is 0.889 bits per heavy atom. The molecule has 148 valence electrons. The molecule has 0 aromatic heterocycles. The number of alkyl halides is 3. The number of carbonyl (C=O) groups excluding carboxylic acids is 2. The third kappa shape index (κ3) is 5.20. The quantitative estimate of drug-likeness (QED) is 0.800. The van der Waals surface area contributed by atoms with Gasteiger partial charge in [0.15, 0.2) is 0 Å². The third-order valence-corrected chi connectivity index (χ3v) is 4.71. The van der Waals surface area contributed by atoms with Gasteiger partial charge in [-0.3, -0.25) is 14.3 Å². The van der Waals surface area contributed by atoms with E-state index in [0.717, 1.165) is 0 Å². The minimum atomic E-state index is -4.65. The number of ether oxygens (including phenoxy) is 2. The zero-order valence-electron chi connectivity index (χ0n) is 14.7. The summed E-state index contributed by atoms with van der Waals surface area (Å²) in [6.45, 7) is 2.50. The summed E-state index contributed by atoms with van der Waals surface area (Å²) in [6, 6.07) is 6.36. The van der Waals surface area contributed by atoms with E-state index in [2.05, 4.69) is 4.74 Å². The van der Waals surface area contributed by atoms with Gasteiger partial charge in [0.2, 0.25) is 0 Å². The maximum Gasteiger partial charge on any atom is 0.522 e. The second-order valence-corrected chi connectivity index (χ2v) is 6.54. The number of amides is 2. The van der Waals surface area contributed by atoms with E-state index in [0.29, 0.717) is 37.4 Å². The molecule has 0 N–H and O–H groups in total. The lowest BCUT2D eigenvalue weighted by Crippen LogP contribution is -2.42. The molecule has 2 aliphatic rings. The van der Waals surface area contributed by atoms with E-state index in [4.69, 9.17) is 4.74 Å². The van der Waals surface area contributed by atoms with Crippen molar-refractivity contribution in [2.45, 2.75) is 25.3 Å². The molecule has 0 saturated carbocycles. The molecule has 0 radical (unpaired) electrons. The topological polar surface area (TPSA) is 59.1 Å². The summed E-state index contributed by atoms with van der Waals surface area (Å²) >= 11 is 0. The molecule has 2 heterocycles. The minimum Gasteiger partial charge on any atom is -0.378 e. The van der Waals surface area contributed by atoms with Crippen molar-refractivity contribution in [3.8, 4) is 0 Å². The van der Waals surface area contributed by atoms with Crippen LogP contribution in [0.1, 0.15) is 33.6 Å². The standard InChI is InChI=1S/C18H21F3N2O4/c19-18(20,21)27-15-5-7-22(8-6-15)16(24)13-1-3-14(4-2-13)17(25)23-9-11-26-12-10-23/h1-4,15H,5-12H2. The van der Waals surface area contributed by atoms with Crippen molar-refractivity contribution in [2.24, 2.45) is 0 Å². The molecule has 0 bridgehead atoms. The van der Waals surface area contributed by atoms with E-state index in [1.165, 1.54) is 4.90 Å². The fourth-order valence-electron chi connectivity index (χ4n) is 3.25. The first-order valence-electron chi connectivity index (χ1n) is 8.84. The Hall–Kier alpha value is -2.13. The first-order valence-corrected chi connectivity index (χ1v) is 8.84. The predicted molar refractivity (Wildman–Crippen MR) is 89.2 cm³/mol. The van der Waals surface area contributed by atoms with Crippen molar-refractivity contribution in [1.29, 1.82) is 0 Å². The van der Waals surface area contributed by atoms with Crippen molar-refractivity contribution in [2.75, 3.05) is 39.4 Å². The van der Waals surface area contributed by atoms with Gasteiger partial charge in [-0.25, -0.2) is 0 Å². The van der Waals surface area contributed by atoms with Gasteiger partial charge in [-0.05, 0) is 37.1 Å². The van der Waals surface area contributed by atoms with E-state index in [1.807, 2.05) is 0 Å². The number of hydrogen-bond donors (Lipinski definition) is 0. The van der Waals surface area contributed by atoms with Crippen LogP contribution in [0.25, 0.3) is 0 Å². The van der Waals surface area contributed by atoms with E-state index in [9.17, 15) is 22.8 Å². The van der Waals surface area contributed by atoms with Crippen LogP contribution in [0.5, 0.6) is 0 Å². The molecule has 27 heavy (non-hydrogen) atoms. The Morgan fingerprint density at radius 2 is 1.33 bits per heavy atom. The average Bonchev–Trinajstić information content (AvgIpc) is 2.67. The monoisotopic (exact) mass is 386 g/mol. The summed E-state index contributed by atoms with van der Waals surface area (Å²) in [4.78, 5) is 28.1. The number of hydrogen-bond acceptors (Lipinski definition) is 4. The highest BCUT2D eigenvalue weighted by Gasteiger charge is 2.35. The Kier molecular flexibility index (Phi) is 6.01. The predicted octanol–water partition coefficient (Wildman–Crippen LogP) is 2.30. The third-order valence-electron chi connectivity index (χ3n) is 4.71. The van der Waals surface area contributed by atoms with Crippen LogP contribution >= 0.6 is 0 Å². The summed E-state index contributed by atoms with van der Waals surface area (Å²) in [5.41, 5.74) is 0.898. The fourth-order valence-corrected chi connectivity index (χ4v) is 3.25. The summed E-state index contributed by atoms with van der Waals surface area (Å²) in [6.07, 6.45) is -5.29. The summed E-state index contributed by atoms with van der Waals surface area (Å²) in [5, 5.41) is 0. The van der Waals surface area contributed by atoms with Gasteiger partial charge in [-0.2, -0.15) is 0 Å². The summed E-state index contributed by atoms with van der Waals surface area (Å²) in [7, 11) is 0. The van der Waals surface area contributed by atoms with Gasteiger partial charge in [0.25, 0.3) is 11.8 Å². The number of morpholine rings is 1. The molecular weight excluding hydrogens is 365 g/mol. The second-order valence-electron chi connectivity index (χ2n) is 6.54. The highest BCUT2D eigenvalue weighted by Crippen LogP contribution is 2.25. The van der Waals surface area contributed by atoms with Crippen LogP contribution < -0.4 is 0 Å². The fraction of sp³-hybridized carbons (Fsp3) is 0.556. The van der Waals surface area contributed by atoms with Crippen molar-refractivity contribution < 1.29 is 32.2 Å². The lowest BCUT2D eigenvalue weighted by Gasteiger charge is -2.32. The molecule has 6 nitrogen and oxygen atoms in total. The van der Waals surface area contributed by atoms with Gasteiger partial charge in [0, 0.05) is 37.3 Å². The molecule has 0 unspecified atom stereocenters. The Balaban J connectivity index is 1.56. The number of benzene rings is 1. The van der Waals surface area contributed by atoms with Gasteiger partial charge >= 0.3 is 6.36 Å². The number of nitrogens with zero attached hydrogens (tertiary/aromatic N) is 2. The second kappa shape index (κ2) is 8.26. The Bertz CT molecular complexity index is 664. The average molecular weight is 386 g/mol. The molecule has 2 fully saturated rings. The van der Waals surface area contributed by atoms with Gasteiger partial charge in [-0.1, -0.05) is 0 Å². The SMILES string of the molecule is O=C(c1ccc(C(=O)N2CCC(OC(F)(F)F)CC2)cc1)N1CCOCC1. The van der Waals surface area contributed by atoms with Gasteiger partial charge in [0.05, 0.1) is 19.3 Å². The maximum atomic E-state index is 12.5. The van der Waals surface area contributed by atoms with Gasteiger partial charge < -0.3 is 14.5 Å². The van der Waals surface area contributed by atoms with E-state index in [1.54, 1.807) is 29.2 Å². The molecule has 0 atom stereocenters. The lowest BCUT2D eigenvalue weighted by atomic mass is 10.1. The van der Waals surface area contributed by atoms with Crippen LogP contribution in [0.3, 0.4) is 0 Å². The van der Waals surface area contributed by atoms with Crippen LogP contribution in [0.15, 0.2) is 24.3 Å². The van der Waals surface area contributed by atoms with Crippen molar-refractivity contribution >= 4 is 11.8 Å². The number of likely N-dealkylation sites (tertiary alicyclic amines) is 1. The number of carbonyl (C=O) groups is 2. The van der Waals surface area contributed by atoms with Crippen molar-refractivity contribution in [1.82, 2.24) is 9.80 Å². The first kappa shape index (κ1) is 19.6. The molecule has 0 spiro atoms. The molecule has 2 amide bonds. The summed E-state index contributed by atoms with van der Waals surface area (Å²) in [5.74, 6) is -0.367. The van der Waals surface area contributed by atoms with Crippen LogP contribution in [-0.4, -0.2) is 73.5 Å². The molecule has 9 heteroatoms. The number of rotatable bonds is 3. The number of halogens is 3. The smallest absolute Gasteiger partial charge is 0.378 e. The molecule has 2 aliphatic heterocycles. The van der Waals surface area contributed by atoms with E-state index >= 15 is 0 Å². The van der Waals surface area contributed by atoms with E-state index in [-0.39, 0.29) is 37.7 Å². The molecule has 3 rings (SSSR count). The van der Waals surface area contributed by atoms with Crippen molar-refractivity contribution in [3.63, 3.8) is 0 Å². The van der Waals surface area contributed by atoms with Crippen LogP contribution in [0.2, 0.25) is 0 Å².